The number of hydrogen-bond donors (Lipinski definition) is 3. The van der Waals surface area contributed by atoms with Crippen LogP contribution in [0.3, 0.4) is 0 Å². The van der Waals surface area contributed by atoms with Gasteiger partial charge in [-0.3, -0.25) is 9.59 Å². The highest BCUT2D eigenvalue weighted by atomic mass is 32.1. The third-order valence-corrected chi connectivity index (χ3v) is 10.8. The van der Waals surface area contributed by atoms with Crippen LogP contribution in [0.2, 0.25) is 0 Å². The number of likely N-dealkylation sites (tertiary alicyclic amines) is 2. The van der Waals surface area contributed by atoms with Crippen LogP contribution in [-0.4, -0.2) is 78.9 Å². The van der Waals surface area contributed by atoms with E-state index in [-0.39, 0.29) is 29.8 Å². The van der Waals surface area contributed by atoms with Crippen molar-refractivity contribution in [1.82, 2.24) is 40.0 Å². The molecule has 0 radical (unpaired) electrons. The standard InChI is InChI=1S/C39H44N8O4S/c1-24(2)35(45-39(50)51-3)38(49)47-19-5-7-33(47)37-41-21-31(44-37)28-14-10-26(11-15-28)25-8-12-27(13-9-25)30-20-40-36(43-30)32-6-4-18-46(32)34(48)17-16-29-22-52-23-42-29/h8-15,20-24,32-33,35H,4-7,16-19H2,1-3H3,(H,40,43)(H,41,44)(H,45,50)/t32-,33-,35-/m0/s1. The zero-order valence-corrected chi connectivity index (χ0v) is 30.5. The number of nitrogens with zero attached hydrogens (tertiary/aromatic N) is 5. The zero-order chi connectivity index (χ0) is 36.2. The Morgan fingerprint density at radius 2 is 1.37 bits per heavy atom. The average molecular weight is 721 g/mol. The van der Waals surface area contributed by atoms with Crippen LogP contribution in [0.1, 0.15) is 75.4 Å². The Kier molecular flexibility index (Phi) is 10.5. The van der Waals surface area contributed by atoms with Crippen LogP contribution in [-0.2, 0) is 20.7 Å². The van der Waals surface area contributed by atoms with Crippen LogP contribution in [0.25, 0.3) is 33.6 Å². The molecule has 5 heterocycles. The van der Waals surface area contributed by atoms with Crippen LogP contribution in [0.5, 0.6) is 0 Å². The van der Waals surface area contributed by atoms with Gasteiger partial charge in [-0.2, -0.15) is 0 Å². The van der Waals surface area contributed by atoms with Crippen LogP contribution in [0.15, 0.2) is 71.8 Å². The summed E-state index contributed by atoms with van der Waals surface area (Å²) in [5, 5.41) is 4.70. The Balaban J connectivity index is 0.984. The number of nitrogens with one attached hydrogen (secondary N) is 3. The third-order valence-electron chi connectivity index (χ3n) is 10.1. The number of ether oxygens (including phenoxy) is 1. The summed E-state index contributed by atoms with van der Waals surface area (Å²) in [5.41, 5.74) is 8.78. The molecule has 0 bridgehead atoms. The Hall–Kier alpha value is -5.30. The van der Waals surface area contributed by atoms with Gasteiger partial charge in [-0.15, -0.1) is 11.3 Å². The van der Waals surface area contributed by atoms with Gasteiger partial charge in [0.2, 0.25) is 11.8 Å². The van der Waals surface area contributed by atoms with Gasteiger partial charge >= 0.3 is 6.09 Å². The van der Waals surface area contributed by atoms with E-state index in [2.05, 4.69) is 73.8 Å². The number of aromatic amines is 2. The number of aromatic nitrogens is 5. The smallest absolute Gasteiger partial charge is 0.407 e. The molecule has 3 aromatic heterocycles. The summed E-state index contributed by atoms with van der Waals surface area (Å²) in [4.78, 5) is 62.9. The highest BCUT2D eigenvalue weighted by Crippen LogP contribution is 2.35. The lowest BCUT2D eigenvalue weighted by molar-refractivity contribution is -0.135. The first-order valence-electron chi connectivity index (χ1n) is 17.9. The molecule has 2 aliphatic rings. The van der Waals surface area contributed by atoms with Gasteiger partial charge in [0.25, 0.3) is 0 Å². The summed E-state index contributed by atoms with van der Waals surface area (Å²) in [6.45, 7) is 5.17. The minimum absolute atomic E-state index is 0.0346. The number of imidazole rings is 2. The number of aryl methyl sites for hydroxylation is 1. The number of rotatable bonds is 11. The predicted molar refractivity (Wildman–Crippen MR) is 199 cm³/mol. The van der Waals surface area contributed by atoms with E-state index >= 15 is 0 Å². The molecule has 0 aliphatic carbocycles. The van der Waals surface area contributed by atoms with Gasteiger partial charge in [0.1, 0.15) is 17.7 Å². The summed E-state index contributed by atoms with van der Waals surface area (Å²) < 4.78 is 4.75. The van der Waals surface area contributed by atoms with Gasteiger partial charge in [-0.05, 0) is 60.3 Å². The zero-order valence-electron chi connectivity index (χ0n) is 29.7. The molecule has 270 valence electrons. The van der Waals surface area contributed by atoms with E-state index in [9.17, 15) is 14.4 Å². The molecule has 3 amide bonds. The van der Waals surface area contributed by atoms with Crippen LogP contribution in [0.4, 0.5) is 4.79 Å². The topological polar surface area (TPSA) is 149 Å². The minimum Gasteiger partial charge on any atom is -0.453 e. The maximum Gasteiger partial charge on any atom is 0.407 e. The van der Waals surface area contributed by atoms with Crippen LogP contribution >= 0.6 is 11.3 Å². The fourth-order valence-corrected chi connectivity index (χ4v) is 7.86. The Morgan fingerprint density at radius 1 is 0.827 bits per heavy atom. The van der Waals surface area contributed by atoms with Crippen molar-refractivity contribution in [1.29, 1.82) is 0 Å². The average Bonchev–Trinajstić information content (AvgIpc) is 4.01. The maximum absolute atomic E-state index is 13.5. The van der Waals surface area contributed by atoms with Crippen molar-refractivity contribution in [2.75, 3.05) is 20.2 Å². The van der Waals surface area contributed by atoms with Crippen molar-refractivity contribution in [3.05, 3.63) is 89.2 Å². The van der Waals surface area contributed by atoms with E-state index in [0.29, 0.717) is 19.4 Å². The van der Waals surface area contributed by atoms with Crippen LogP contribution in [0, 0.1) is 5.92 Å². The Bertz CT molecular complexity index is 1990. The molecule has 2 saturated heterocycles. The number of carbonyl (C=O) groups is 3. The normalized spacial score (nSPS) is 17.8. The first-order chi connectivity index (χ1) is 25.3. The second kappa shape index (κ2) is 15.5. The number of carbonyl (C=O) groups excluding carboxylic acids is 3. The molecule has 13 heteroatoms. The van der Waals surface area contributed by atoms with E-state index in [1.807, 2.05) is 41.4 Å². The summed E-state index contributed by atoms with van der Waals surface area (Å²) >= 11 is 1.55. The second-order valence-electron chi connectivity index (χ2n) is 13.8. The van der Waals surface area contributed by atoms with Crippen molar-refractivity contribution >= 4 is 29.2 Å². The molecular weight excluding hydrogens is 677 g/mol. The summed E-state index contributed by atoms with van der Waals surface area (Å²) in [6.07, 6.45) is 7.70. The molecule has 2 aromatic carbocycles. The second-order valence-corrected chi connectivity index (χ2v) is 14.5. The molecule has 2 fully saturated rings. The molecule has 5 aromatic rings. The molecule has 3 atom stereocenters. The maximum atomic E-state index is 13.5. The SMILES string of the molecule is COC(=O)N[C@H](C(=O)N1CCC[C@H]1c1ncc(-c2ccc(-c3ccc(-c4cnc([C@@H]5CCCN5C(=O)CCc5cscn5)[nH]4)cc3)cc2)[nH]1)C(C)C. The predicted octanol–water partition coefficient (Wildman–Crippen LogP) is 6.93. The van der Waals surface area contributed by atoms with Gasteiger partial charge < -0.3 is 29.8 Å². The Labute approximate surface area is 307 Å². The lowest BCUT2D eigenvalue weighted by atomic mass is 10.0. The van der Waals surface area contributed by atoms with Crippen molar-refractivity contribution in [2.45, 2.75) is 70.5 Å². The number of H-pyrrole nitrogens is 2. The van der Waals surface area contributed by atoms with Crippen molar-refractivity contribution < 1.29 is 19.1 Å². The van der Waals surface area contributed by atoms with Gasteiger partial charge in [0.05, 0.1) is 54.2 Å². The van der Waals surface area contributed by atoms with Crippen LogP contribution < -0.4 is 5.32 Å². The van der Waals surface area contributed by atoms with E-state index < -0.39 is 12.1 Å². The van der Waals surface area contributed by atoms with Gasteiger partial charge in [0, 0.05) is 24.9 Å². The quantitative estimate of drug-likeness (QED) is 0.134. The summed E-state index contributed by atoms with van der Waals surface area (Å²) in [6, 6.07) is 15.8. The lowest BCUT2D eigenvalue weighted by Gasteiger charge is -2.30. The largest absolute Gasteiger partial charge is 0.453 e. The minimum atomic E-state index is -0.675. The van der Waals surface area contributed by atoms with Crippen molar-refractivity contribution in [3.8, 4) is 33.6 Å². The van der Waals surface area contributed by atoms with Crippen molar-refractivity contribution in [3.63, 3.8) is 0 Å². The molecule has 0 spiro atoms. The molecular formula is C39H44N8O4S. The summed E-state index contributed by atoms with van der Waals surface area (Å²) in [7, 11) is 1.30. The van der Waals surface area contributed by atoms with Crippen molar-refractivity contribution in [2.24, 2.45) is 5.92 Å². The molecule has 2 aliphatic heterocycles. The molecule has 12 nitrogen and oxygen atoms in total. The highest BCUT2D eigenvalue weighted by molar-refractivity contribution is 7.07. The molecule has 52 heavy (non-hydrogen) atoms. The number of hydrogen-bond acceptors (Lipinski definition) is 8. The Morgan fingerprint density at radius 3 is 1.88 bits per heavy atom. The lowest BCUT2D eigenvalue weighted by Crippen LogP contribution is -2.51. The molecule has 7 rings (SSSR count). The van der Waals surface area contributed by atoms with Gasteiger partial charge in [-0.1, -0.05) is 62.4 Å². The monoisotopic (exact) mass is 720 g/mol. The fourth-order valence-electron chi connectivity index (χ4n) is 7.27. The van der Waals surface area contributed by atoms with E-state index in [0.717, 1.165) is 83.2 Å². The first-order valence-corrected chi connectivity index (χ1v) is 18.9. The molecule has 0 saturated carbocycles. The first kappa shape index (κ1) is 35.1. The highest BCUT2D eigenvalue weighted by Gasteiger charge is 2.37. The summed E-state index contributed by atoms with van der Waals surface area (Å²) in [5.74, 6) is 1.50. The van der Waals surface area contributed by atoms with E-state index in [1.165, 1.54) is 7.11 Å². The van der Waals surface area contributed by atoms with E-state index in [1.54, 1.807) is 16.8 Å². The third kappa shape index (κ3) is 7.50. The number of benzene rings is 2. The van der Waals surface area contributed by atoms with Gasteiger partial charge in [0.15, 0.2) is 0 Å². The number of thiazole rings is 1. The number of alkyl carbamates (subject to hydrolysis) is 1. The number of methoxy groups -OCH3 is 1. The fraction of sp³-hybridized carbons (Fsp3) is 0.385. The van der Waals surface area contributed by atoms with E-state index in [4.69, 9.17) is 9.72 Å². The molecule has 3 N–H and O–H groups in total. The van der Waals surface area contributed by atoms with Gasteiger partial charge in [-0.25, -0.2) is 19.7 Å². The number of amides is 3. The molecule has 0 unspecified atom stereocenters.